The summed E-state index contributed by atoms with van der Waals surface area (Å²) in [6.45, 7) is 3.24. The van der Waals surface area contributed by atoms with Gasteiger partial charge in [0.1, 0.15) is 19.0 Å². The van der Waals surface area contributed by atoms with E-state index in [-0.39, 0.29) is 53.6 Å². The summed E-state index contributed by atoms with van der Waals surface area (Å²) >= 11 is 0. The largest absolute Gasteiger partial charge is 0.496 e. The van der Waals surface area contributed by atoms with Crippen molar-refractivity contribution in [1.82, 2.24) is 0 Å². The van der Waals surface area contributed by atoms with Gasteiger partial charge in [-0.2, -0.15) is 0 Å². The van der Waals surface area contributed by atoms with Gasteiger partial charge >= 0.3 is 0 Å². The first-order valence-corrected chi connectivity index (χ1v) is 15.9. The molecule has 0 aromatic heterocycles. The second kappa shape index (κ2) is 11.0. The lowest BCUT2D eigenvalue weighted by Crippen LogP contribution is -2.63. The highest BCUT2D eigenvalue weighted by Crippen LogP contribution is 2.70. The van der Waals surface area contributed by atoms with E-state index >= 15 is 4.39 Å². The van der Waals surface area contributed by atoms with E-state index in [2.05, 4.69) is 6.92 Å². The highest BCUT2D eigenvalue weighted by Gasteiger charge is 2.76. The third-order valence-corrected chi connectivity index (χ3v) is 11.8. The number of ether oxygens (including phenoxy) is 4. The first-order valence-electron chi connectivity index (χ1n) is 15.9. The van der Waals surface area contributed by atoms with E-state index in [1.54, 1.807) is 36.4 Å². The van der Waals surface area contributed by atoms with Gasteiger partial charge in [-0.3, -0.25) is 9.59 Å². The number of Topliss-reactive ketones (excluding diaryl/α,β-unsaturated/α-hetero) is 1. The number of nitrogen functional groups attached to an aromatic ring is 1. The van der Waals surface area contributed by atoms with E-state index < -0.39 is 53.1 Å². The smallest absolute Gasteiger partial charge is 0.193 e. The first kappa shape index (κ1) is 31.1. The average molecular weight is 634 g/mol. The Bertz CT molecular complexity index is 1660. The van der Waals surface area contributed by atoms with Crippen LogP contribution in [0.3, 0.4) is 0 Å². The molecule has 0 bridgehead atoms. The Hall–Kier alpha value is -3.57. The molecule has 1 saturated heterocycles. The van der Waals surface area contributed by atoms with Crippen molar-refractivity contribution < 1.29 is 43.1 Å². The second-order valence-electron chi connectivity index (χ2n) is 13.8. The Morgan fingerprint density at radius 1 is 1.17 bits per heavy atom. The molecule has 2 aromatic rings. The van der Waals surface area contributed by atoms with E-state index in [1.165, 1.54) is 13.2 Å². The minimum absolute atomic E-state index is 0.00166. The molecule has 5 aliphatic rings. The average Bonchev–Trinajstić information content (AvgIpc) is 3.53. The van der Waals surface area contributed by atoms with Gasteiger partial charge in [-0.15, -0.1) is 0 Å². The lowest BCUT2D eigenvalue weighted by molar-refractivity contribution is -0.201. The molecule has 9 atom stereocenters. The van der Waals surface area contributed by atoms with E-state index in [1.807, 2.05) is 19.1 Å². The van der Waals surface area contributed by atoms with Crippen molar-refractivity contribution in [2.75, 3.05) is 19.5 Å². The van der Waals surface area contributed by atoms with Crippen molar-refractivity contribution in [3.8, 4) is 11.5 Å². The Morgan fingerprint density at radius 3 is 2.67 bits per heavy atom. The molecule has 7 rings (SSSR count). The molecule has 2 unspecified atom stereocenters. The number of hydrogen-bond donors (Lipinski definition) is 3. The maximum absolute atomic E-state index is 16.3. The summed E-state index contributed by atoms with van der Waals surface area (Å²) in [5.74, 6) is -1.53. The van der Waals surface area contributed by atoms with Crippen LogP contribution in [-0.4, -0.2) is 53.3 Å². The zero-order valence-electron chi connectivity index (χ0n) is 26.2. The molecule has 46 heavy (non-hydrogen) atoms. The lowest BCUT2D eigenvalue weighted by Gasteiger charge is -2.59. The van der Waals surface area contributed by atoms with Crippen LogP contribution in [0.2, 0.25) is 0 Å². The summed E-state index contributed by atoms with van der Waals surface area (Å²) in [5, 5.41) is 22.2. The van der Waals surface area contributed by atoms with Crippen LogP contribution in [0.4, 0.5) is 10.1 Å². The monoisotopic (exact) mass is 633 g/mol. The number of carbonyl (C=O) groups is 2. The number of carbonyl (C=O) groups excluding carboxylic acids is 2. The number of halogens is 1. The summed E-state index contributed by atoms with van der Waals surface area (Å²) in [4.78, 5) is 26.1. The molecule has 0 amide bonds. The fraction of sp³-hybridized carbons (Fsp3) is 0.500. The van der Waals surface area contributed by atoms with E-state index in [4.69, 9.17) is 24.7 Å². The number of allylic oxidation sites excluding steroid dienone is 4. The first-order chi connectivity index (χ1) is 22.0. The SMILES string of the molecule is COc1ccc(OCc2ccccc2N)c(F)c1[C@H]1O[C@@H]2CC3[C@@H]4CCC5=CC(=O)C=C[C@]5(C)C4[C@@H](O)C[C@]3(C)[C@]2(C(=O)CO)O1. The number of fused-ring (bicyclic) bond motifs is 7. The predicted molar refractivity (Wildman–Crippen MR) is 165 cm³/mol. The van der Waals surface area contributed by atoms with Crippen molar-refractivity contribution in [2.24, 2.45) is 28.6 Å². The van der Waals surface area contributed by atoms with Gasteiger partial charge < -0.3 is 34.9 Å². The van der Waals surface area contributed by atoms with Crippen LogP contribution in [0.25, 0.3) is 0 Å². The number of ketones is 2. The normalized spacial score (nSPS) is 37.5. The fourth-order valence-electron chi connectivity index (χ4n) is 9.70. The zero-order chi connectivity index (χ0) is 32.6. The molecule has 10 heteroatoms. The maximum atomic E-state index is 16.3. The van der Waals surface area contributed by atoms with Crippen LogP contribution in [-0.2, 0) is 25.7 Å². The lowest BCUT2D eigenvalue weighted by atomic mass is 9.46. The van der Waals surface area contributed by atoms with Gasteiger partial charge in [-0.1, -0.05) is 43.7 Å². The zero-order valence-corrected chi connectivity index (χ0v) is 26.2. The number of nitrogens with two attached hydrogens (primary N) is 1. The van der Waals surface area contributed by atoms with Crippen molar-refractivity contribution in [3.05, 3.63) is 77.1 Å². The number of aliphatic hydroxyl groups excluding tert-OH is 2. The van der Waals surface area contributed by atoms with E-state index in [0.717, 1.165) is 12.0 Å². The number of methoxy groups -OCH3 is 1. The molecule has 3 saturated carbocycles. The highest BCUT2D eigenvalue weighted by molar-refractivity contribution is 6.01. The minimum Gasteiger partial charge on any atom is -0.496 e. The maximum Gasteiger partial charge on any atom is 0.193 e. The molecule has 0 spiro atoms. The van der Waals surface area contributed by atoms with Gasteiger partial charge in [0.2, 0.25) is 0 Å². The number of anilines is 1. The second-order valence-corrected chi connectivity index (χ2v) is 13.8. The number of benzene rings is 2. The molecule has 2 aromatic carbocycles. The van der Waals surface area contributed by atoms with Crippen LogP contribution >= 0.6 is 0 Å². The van der Waals surface area contributed by atoms with Crippen molar-refractivity contribution in [1.29, 1.82) is 0 Å². The third-order valence-electron chi connectivity index (χ3n) is 11.8. The van der Waals surface area contributed by atoms with Crippen LogP contribution in [0, 0.1) is 34.4 Å². The van der Waals surface area contributed by atoms with Crippen LogP contribution < -0.4 is 15.2 Å². The minimum atomic E-state index is -1.63. The molecule has 4 fully saturated rings. The molecular weight excluding hydrogens is 593 g/mol. The molecule has 1 heterocycles. The number of rotatable bonds is 7. The van der Waals surface area contributed by atoms with Crippen molar-refractivity contribution in [2.45, 2.75) is 70.2 Å². The van der Waals surface area contributed by atoms with Crippen molar-refractivity contribution >= 4 is 17.3 Å². The predicted octanol–water partition coefficient (Wildman–Crippen LogP) is 4.60. The Labute approximate surface area is 267 Å². The van der Waals surface area contributed by atoms with Gasteiger partial charge in [-0.05, 0) is 67.9 Å². The fourth-order valence-corrected chi connectivity index (χ4v) is 9.70. The van der Waals surface area contributed by atoms with Gasteiger partial charge in [0.05, 0.1) is 24.9 Å². The molecule has 9 nitrogen and oxygen atoms in total. The van der Waals surface area contributed by atoms with Crippen LogP contribution in [0.5, 0.6) is 11.5 Å². The van der Waals surface area contributed by atoms with Gasteiger partial charge in [0.25, 0.3) is 0 Å². The highest BCUT2D eigenvalue weighted by atomic mass is 19.1. The summed E-state index contributed by atoms with van der Waals surface area (Å²) < 4.78 is 40.7. The third kappa shape index (κ3) is 4.26. The standard InChI is InChI=1S/C36H40FNO8/c1-34-13-12-21(40)14-20(34)8-9-22-23-15-29-36(28(42)17-39,35(23,2)16-25(41)31(22)34)46-33(45-29)30-26(43-3)10-11-27(32(30)37)44-18-19-6-4-5-7-24(19)38/h4-7,10-14,22-23,25,29,31,33,39,41H,8-9,15-18,38H2,1-3H3/t22-,23?,25-,29+,31?,33-,34-,35-,36+/m0/s1. The van der Waals surface area contributed by atoms with Gasteiger partial charge in [0, 0.05) is 28.0 Å². The van der Waals surface area contributed by atoms with E-state index in [0.29, 0.717) is 24.1 Å². The molecule has 1 aliphatic heterocycles. The van der Waals surface area contributed by atoms with Gasteiger partial charge in [-0.25, -0.2) is 4.39 Å². The Balaban J connectivity index is 1.23. The van der Waals surface area contributed by atoms with Gasteiger partial charge in [0.15, 0.2) is 35.0 Å². The van der Waals surface area contributed by atoms with Crippen molar-refractivity contribution in [3.63, 3.8) is 0 Å². The molecule has 244 valence electrons. The Kier molecular flexibility index (Phi) is 7.43. The summed E-state index contributed by atoms with van der Waals surface area (Å²) in [6, 6.07) is 10.2. The molecule has 4 aliphatic carbocycles. The number of aliphatic hydroxyl groups is 2. The van der Waals surface area contributed by atoms with E-state index in [9.17, 15) is 19.8 Å². The quantitative estimate of drug-likeness (QED) is 0.374. The van der Waals surface area contributed by atoms with Crippen LogP contribution in [0.15, 0.2) is 60.2 Å². The molecule has 4 N–H and O–H groups in total. The molecule has 0 radical (unpaired) electrons. The topological polar surface area (TPSA) is 138 Å². The summed E-state index contributed by atoms with van der Waals surface area (Å²) in [5.41, 5.74) is 5.17. The summed E-state index contributed by atoms with van der Waals surface area (Å²) in [7, 11) is 1.41. The Morgan fingerprint density at radius 2 is 1.93 bits per heavy atom. The number of para-hydroxylation sites is 1. The summed E-state index contributed by atoms with van der Waals surface area (Å²) in [6.07, 6.45) is 4.32. The van der Waals surface area contributed by atoms with Crippen LogP contribution in [0.1, 0.15) is 56.9 Å². The molecular formula is C36H40FNO8. The number of hydrogen-bond acceptors (Lipinski definition) is 9.